The Morgan fingerprint density at radius 2 is 1.64 bits per heavy atom. The molecule has 3 aromatic rings. The van der Waals surface area contributed by atoms with E-state index in [4.69, 9.17) is 5.10 Å². The molecule has 0 saturated carbocycles. The fourth-order valence-electron chi connectivity index (χ4n) is 2.80. The predicted molar refractivity (Wildman–Crippen MR) is 159 cm³/mol. The molecule has 1 atom stereocenters. The molecule has 2 heterocycles. The third kappa shape index (κ3) is 6.90. The van der Waals surface area contributed by atoms with Gasteiger partial charge in [0.25, 0.3) is 0 Å². The molecule has 0 radical (unpaired) electrons. The van der Waals surface area contributed by atoms with Crippen molar-refractivity contribution in [3.05, 3.63) is 60.2 Å². The maximum absolute atomic E-state index is 4.97. The molecular formula is C18H17I6N3S. The Labute approximate surface area is 248 Å². The van der Waals surface area contributed by atoms with E-state index in [1.54, 1.807) is 0 Å². The van der Waals surface area contributed by atoms with Crippen LogP contribution in [0.3, 0.4) is 0 Å². The molecule has 28 heavy (non-hydrogen) atoms. The van der Waals surface area contributed by atoms with Gasteiger partial charge in [-0.1, -0.05) is 63.2 Å². The van der Waals surface area contributed by atoms with Crippen molar-refractivity contribution in [2.45, 2.75) is 18.1 Å². The highest BCUT2D eigenvalue weighted by Gasteiger charge is 2.38. The topological polar surface area (TPSA) is 21.7 Å². The standard InChI is InChI=1S/C18H17IN3S.2I2.HI/c1-13-7-9-14(10-8-13)17-20-22-16(11-19)12-23-18(22)21(17)15-5-3-2-4-6-15;2*1-2;/h2-10,16H,11-12H2,1H3;;;1H/q+1;;;/p-1. The molecule has 1 unspecified atom stereocenters. The van der Waals surface area contributed by atoms with Crippen molar-refractivity contribution < 1.29 is 28.5 Å². The molecule has 0 saturated heterocycles. The first-order valence-electron chi connectivity index (χ1n) is 7.92. The Bertz CT molecular complexity index is 843. The summed E-state index contributed by atoms with van der Waals surface area (Å²) in [6.07, 6.45) is 0. The van der Waals surface area contributed by atoms with Crippen molar-refractivity contribution in [2.75, 3.05) is 10.2 Å². The molecule has 1 aliphatic rings. The minimum atomic E-state index is 0. The molecule has 0 spiro atoms. The van der Waals surface area contributed by atoms with Crippen LogP contribution in [0.1, 0.15) is 11.6 Å². The van der Waals surface area contributed by atoms with E-state index in [2.05, 4.69) is 168 Å². The molecule has 0 fully saturated rings. The molecule has 0 aliphatic carbocycles. The summed E-state index contributed by atoms with van der Waals surface area (Å²) in [5.41, 5.74) is 3.60. The molecule has 0 N–H and O–H groups in total. The third-order valence-corrected chi connectivity index (χ3v) is 6.25. The van der Waals surface area contributed by atoms with Crippen LogP contribution in [0.5, 0.6) is 0 Å². The van der Waals surface area contributed by atoms with E-state index in [9.17, 15) is 0 Å². The normalized spacial score (nSPS) is 14.0. The lowest BCUT2D eigenvalue weighted by molar-refractivity contribution is -0.626. The number of fused-ring (bicyclic) bond motifs is 1. The van der Waals surface area contributed by atoms with Crippen molar-refractivity contribution in [3.8, 4) is 17.1 Å². The van der Waals surface area contributed by atoms with E-state index in [1.165, 1.54) is 16.4 Å². The fourth-order valence-corrected chi connectivity index (χ4v) is 5.15. The summed E-state index contributed by atoms with van der Waals surface area (Å²) in [6.45, 7) is 2.12. The zero-order valence-corrected chi connectivity index (χ0v) is 28.5. The smallest absolute Gasteiger partial charge is 0.314 e. The molecule has 4 rings (SSSR count). The molecule has 0 bridgehead atoms. The van der Waals surface area contributed by atoms with Gasteiger partial charge >= 0.3 is 11.0 Å². The van der Waals surface area contributed by atoms with Crippen LogP contribution in [0.15, 0.2) is 59.8 Å². The summed E-state index contributed by atoms with van der Waals surface area (Å²) in [4.78, 5) is 0. The first-order valence-corrected chi connectivity index (χ1v) is 23.0. The average Bonchev–Trinajstić information content (AvgIpc) is 3.31. The number of nitrogens with zero attached hydrogens (tertiary/aromatic N) is 3. The number of hydrogen-bond donors (Lipinski definition) is 0. The Balaban J connectivity index is 0.000000739. The third-order valence-electron chi connectivity index (χ3n) is 4.05. The Morgan fingerprint density at radius 1 is 1.04 bits per heavy atom. The van der Waals surface area contributed by atoms with Gasteiger partial charge in [0.1, 0.15) is 11.7 Å². The Kier molecular flexibility index (Phi) is 15.4. The van der Waals surface area contributed by atoms with Crippen LogP contribution in [0.4, 0.5) is 0 Å². The van der Waals surface area contributed by atoms with Crippen molar-refractivity contribution in [1.82, 2.24) is 9.78 Å². The maximum atomic E-state index is 4.97. The van der Waals surface area contributed by atoms with Gasteiger partial charge in [0.05, 0.1) is 5.56 Å². The van der Waals surface area contributed by atoms with Gasteiger partial charge in [-0.2, -0.15) is 4.57 Å². The van der Waals surface area contributed by atoms with Gasteiger partial charge in [0.2, 0.25) is 0 Å². The molecule has 10 heteroatoms. The average molecular weight is 1070 g/mol. The van der Waals surface area contributed by atoms with Gasteiger partial charge in [-0.15, -0.1) is 0 Å². The summed E-state index contributed by atoms with van der Waals surface area (Å²) in [5.74, 6) is 2.12. The lowest BCUT2D eigenvalue weighted by Gasteiger charge is -2.03. The van der Waals surface area contributed by atoms with Gasteiger partial charge in [-0.3, -0.25) is 0 Å². The molecule has 0 amide bonds. The van der Waals surface area contributed by atoms with Crippen LogP contribution < -0.4 is 28.5 Å². The molecule has 2 aromatic carbocycles. The van der Waals surface area contributed by atoms with Crippen LogP contribution >= 0.6 is 109 Å². The summed E-state index contributed by atoms with van der Waals surface area (Å²) in [5, 5.41) is 6.20. The van der Waals surface area contributed by atoms with Gasteiger partial charge in [0.15, 0.2) is 0 Å². The largest absolute Gasteiger partial charge is 1.00 e. The molecule has 3 nitrogen and oxygen atoms in total. The van der Waals surface area contributed by atoms with Gasteiger partial charge < -0.3 is 24.0 Å². The summed E-state index contributed by atoms with van der Waals surface area (Å²) >= 11 is 12.8. The van der Waals surface area contributed by atoms with E-state index in [-0.39, 0.29) is 24.0 Å². The van der Waals surface area contributed by atoms with Crippen molar-refractivity contribution in [1.29, 1.82) is 0 Å². The first kappa shape index (κ1) is 28.3. The number of benzene rings is 2. The predicted octanol–water partition coefficient (Wildman–Crippen LogP) is 4.76. The van der Waals surface area contributed by atoms with Crippen LogP contribution in [-0.4, -0.2) is 20.0 Å². The number of aromatic nitrogens is 3. The van der Waals surface area contributed by atoms with Gasteiger partial charge in [-0.25, -0.2) is 0 Å². The molecule has 1 aromatic heterocycles. The van der Waals surface area contributed by atoms with E-state index in [1.807, 2.05) is 11.8 Å². The van der Waals surface area contributed by atoms with Gasteiger partial charge in [-0.05, 0) is 43.0 Å². The molecular weight excluding hydrogens is 1050 g/mol. The second-order valence-corrected chi connectivity index (χ2v) is 7.57. The highest BCUT2D eigenvalue weighted by molar-refractivity contribution is 15.0. The zero-order valence-electron chi connectivity index (χ0n) is 14.7. The SMILES string of the molecule is Cc1ccc(-c2nn3c([n+]2-c2ccccc2)SCC3CI)cc1.II.II.[I-]. The minimum Gasteiger partial charge on any atom is -1.00 e. The summed E-state index contributed by atoms with van der Waals surface area (Å²) in [6, 6.07) is 19.6. The number of hydrogen-bond acceptors (Lipinski definition) is 2. The Morgan fingerprint density at radius 3 is 2.21 bits per heavy atom. The van der Waals surface area contributed by atoms with E-state index in [0.29, 0.717) is 6.04 Å². The van der Waals surface area contributed by atoms with E-state index < -0.39 is 0 Å². The van der Waals surface area contributed by atoms with Crippen molar-refractivity contribution in [2.24, 2.45) is 0 Å². The molecule has 1 aliphatic heterocycles. The number of thioether (sulfide) groups is 1. The van der Waals surface area contributed by atoms with E-state index >= 15 is 0 Å². The number of rotatable bonds is 3. The van der Waals surface area contributed by atoms with Crippen LogP contribution in [0, 0.1) is 6.92 Å². The van der Waals surface area contributed by atoms with Crippen LogP contribution in [0.25, 0.3) is 17.1 Å². The van der Waals surface area contributed by atoms with E-state index in [0.717, 1.165) is 21.6 Å². The number of para-hydroxylation sites is 1. The zero-order chi connectivity index (χ0) is 19.8. The fraction of sp³-hybridized carbons (Fsp3) is 0.222. The molecule has 152 valence electrons. The summed E-state index contributed by atoms with van der Waals surface area (Å²) in [7, 11) is 0. The summed E-state index contributed by atoms with van der Waals surface area (Å²) < 4.78 is 5.59. The highest BCUT2D eigenvalue weighted by atomic mass is 128. The quantitative estimate of drug-likeness (QED) is 0.215. The highest BCUT2D eigenvalue weighted by Crippen LogP contribution is 2.34. The lowest BCUT2D eigenvalue weighted by Crippen LogP contribution is -3.00. The second kappa shape index (κ2) is 15.2. The number of alkyl halides is 1. The van der Waals surface area contributed by atoms with Crippen molar-refractivity contribution in [3.63, 3.8) is 0 Å². The number of halogens is 6. The number of aryl methyl sites for hydroxylation is 1. The van der Waals surface area contributed by atoms with Crippen LogP contribution in [-0.2, 0) is 0 Å². The minimum absolute atomic E-state index is 0. The first-order chi connectivity index (χ1) is 13.3. The van der Waals surface area contributed by atoms with Gasteiger partial charge in [0, 0.05) is 89.7 Å². The Hall–Kier alpha value is 2.31. The second-order valence-electron chi connectivity index (χ2n) is 5.71. The van der Waals surface area contributed by atoms with Crippen LogP contribution in [0.2, 0.25) is 0 Å². The lowest BCUT2D eigenvalue weighted by atomic mass is 10.1. The monoisotopic (exact) mass is 1070 g/mol. The maximum Gasteiger partial charge on any atom is 0.314 e. The van der Waals surface area contributed by atoms with Crippen molar-refractivity contribution >= 4 is 109 Å².